The number of aromatic amines is 1. The molecule has 0 radical (unpaired) electrons. The molecular formula is C42H59N7O8. The Labute approximate surface area is 334 Å². The van der Waals surface area contributed by atoms with Gasteiger partial charge in [-0.05, 0) is 108 Å². The molecule has 3 fully saturated rings. The molecule has 2 N–H and O–H groups in total. The standard InChI is InChI=1S/C26H38N4O5.C16H21N3O3/c1-17-14-19(16-22-23(17)27-26(33)35-22)15-18(2)24(31)29-10-7-20(8-11-29)30-9-5-6-21(30)25(32)34-13-12-28(3)4;1-22-16(21)18-9-7-13(8-10-18)19-11-6-12-4-2-3-5-14(12)17-15(19)20/h14,16,18,20-21H,5-13,15H2,1-4H3,(H,27,33);2-5,13H,6-11H2,1H3,(H,17,20)/t18-,21-;/m1./s1. The summed E-state index contributed by atoms with van der Waals surface area (Å²) in [5.74, 6) is -0.589. The van der Waals surface area contributed by atoms with Gasteiger partial charge in [0.1, 0.15) is 12.6 Å². The molecule has 4 aliphatic heterocycles. The number of H-pyrrole nitrogens is 1. The lowest BCUT2D eigenvalue weighted by molar-refractivity contribution is -0.151. The van der Waals surface area contributed by atoms with Crippen LogP contribution in [0.2, 0.25) is 0 Å². The number of esters is 1. The number of nitrogens with one attached hydrogen (secondary N) is 2. The minimum absolute atomic E-state index is 0.0403. The fraction of sp³-hybridized carbons (Fsp3) is 0.595. The van der Waals surface area contributed by atoms with Gasteiger partial charge in [0.15, 0.2) is 5.58 Å². The Morgan fingerprint density at radius 3 is 2.35 bits per heavy atom. The van der Waals surface area contributed by atoms with E-state index in [9.17, 15) is 24.0 Å². The van der Waals surface area contributed by atoms with Crippen molar-refractivity contribution in [2.75, 3.05) is 78.9 Å². The van der Waals surface area contributed by atoms with Crippen LogP contribution in [0.25, 0.3) is 11.1 Å². The van der Waals surface area contributed by atoms with Gasteiger partial charge in [0.2, 0.25) is 5.91 Å². The van der Waals surface area contributed by atoms with Crippen LogP contribution in [0.3, 0.4) is 0 Å². The van der Waals surface area contributed by atoms with Gasteiger partial charge in [-0.1, -0.05) is 31.2 Å². The van der Waals surface area contributed by atoms with Gasteiger partial charge in [-0.25, -0.2) is 14.4 Å². The zero-order valence-corrected chi connectivity index (χ0v) is 34.1. The van der Waals surface area contributed by atoms with Gasteiger partial charge in [0.25, 0.3) is 0 Å². The first-order valence-electron chi connectivity index (χ1n) is 20.4. The Morgan fingerprint density at radius 2 is 1.63 bits per heavy atom. The third kappa shape index (κ3) is 10.4. The van der Waals surface area contributed by atoms with Crippen LogP contribution in [0.4, 0.5) is 15.3 Å². The summed E-state index contributed by atoms with van der Waals surface area (Å²) in [6.45, 7) is 9.34. The molecule has 1 aromatic heterocycles. The summed E-state index contributed by atoms with van der Waals surface area (Å²) >= 11 is 0. The average Bonchev–Trinajstić information content (AvgIpc) is 3.81. The van der Waals surface area contributed by atoms with Crippen molar-refractivity contribution in [2.24, 2.45) is 5.92 Å². The maximum atomic E-state index is 13.2. The van der Waals surface area contributed by atoms with Crippen molar-refractivity contribution in [3.63, 3.8) is 0 Å². The highest BCUT2D eigenvalue weighted by Crippen LogP contribution is 2.29. The number of nitrogens with zero attached hydrogens (tertiary/aromatic N) is 5. The van der Waals surface area contributed by atoms with Crippen molar-refractivity contribution in [1.29, 1.82) is 0 Å². The number of fused-ring (bicyclic) bond motifs is 2. The number of likely N-dealkylation sites (tertiary alicyclic amines) is 3. The van der Waals surface area contributed by atoms with E-state index in [-0.39, 0.29) is 42.0 Å². The molecule has 15 heteroatoms. The first kappa shape index (κ1) is 41.7. The molecule has 5 heterocycles. The van der Waals surface area contributed by atoms with Gasteiger partial charge in [0.05, 0.1) is 12.6 Å². The van der Waals surface area contributed by atoms with E-state index in [0.29, 0.717) is 62.9 Å². The molecular weight excluding hydrogens is 731 g/mol. The Bertz CT molecular complexity index is 1930. The topological polar surface area (TPSA) is 161 Å². The van der Waals surface area contributed by atoms with E-state index in [1.807, 2.05) is 73.0 Å². The number of piperidine rings is 2. The number of hydrogen-bond donors (Lipinski definition) is 2. The number of oxazole rings is 1. The molecule has 2 aromatic carbocycles. The molecule has 3 saturated heterocycles. The van der Waals surface area contributed by atoms with Gasteiger partial charge in [-0.2, -0.15) is 0 Å². The van der Waals surface area contributed by atoms with E-state index >= 15 is 0 Å². The summed E-state index contributed by atoms with van der Waals surface area (Å²) in [6, 6.07) is 12.1. The van der Waals surface area contributed by atoms with Crippen molar-refractivity contribution in [1.82, 2.24) is 29.5 Å². The van der Waals surface area contributed by atoms with E-state index in [1.165, 1.54) is 12.7 Å². The number of amides is 4. The number of benzene rings is 2. The number of para-hydroxylation sites is 1. The summed E-state index contributed by atoms with van der Waals surface area (Å²) in [7, 11) is 5.33. The van der Waals surface area contributed by atoms with Crippen molar-refractivity contribution < 1.29 is 33.1 Å². The summed E-state index contributed by atoms with van der Waals surface area (Å²) in [5.41, 5.74) is 5.24. The molecule has 57 heavy (non-hydrogen) atoms. The molecule has 15 nitrogen and oxygen atoms in total. The lowest BCUT2D eigenvalue weighted by Crippen LogP contribution is -2.51. The number of carbonyl (C=O) groups excluding carboxylic acids is 4. The number of aromatic nitrogens is 1. The van der Waals surface area contributed by atoms with Crippen LogP contribution >= 0.6 is 0 Å². The van der Waals surface area contributed by atoms with E-state index in [0.717, 1.165) is 74.8 Å². The van der Waals surface area contributed by atoms with Crippen LogP contribution in [0.1, 0.15) is 62.1 Å². The number of carbonyl (C=O) groups is 4. The van der Waals surface area contributed by atoms with Gasteiger partial charge in [-0.15, -0.1) is 0 Å². The molecule has 2 atom stereocenters. The Morgan fingerprint density at radius 1 is 0.930 bits per heavy atom. The Hall–Kier alpha value is -4.89. The molecule has 0 saturated carbocycles. The second-order valence-corrected chi connectivity index (χ2v) is 16.0. The molecule has 0 unspecified atom stereocenters. The normalized spacial score (nSPS) is 20.1. The highest BCUT2D eigenvalue weighted by Gasteiger charge is 2.39. The largest absolute Gasteiger partial charge is 0.463 e. The predicted molar refractivity (Wildman–Crippen MR) is 216 cm³/mol. The maximum absolute atomic E-state index is 13.2. The average molecular weight is 790 g/mol. The molecule has 0 bridgehead atoms. The first-order chi connectivity index (χ1) is 27.4. The molecule has 3 aromatic rings. The van der Waals surface area contributed by atoms with Crippen molar-refractivity contribution >= 4 is 40.8 Å². The highest BCUT2D eigenvalue weighted by molar-refractivity contribution is 5.91. The fourth-order valence-electron chi connectivity index (χ4n) is 8.71. The maximum Gasteiger partial charge on any atom is 0.417 e. The smallest absolute Gasteiger partial charge is 0.417 e. The first-order valence-corrected chi connectivity index (χ1v) is 20.4. The summed E-state index contributed by atoms with van der Waals surface area (Å²) in [4.78, 5) is 73.9. The number of aryl methyl sites for hydroxylation is 1. The molecule has 7 rings (SSSR count). The minimum Gasteiger partial charge on any atom is -0.463 e. The van der Waals surface area contributed by atoms with Crippen LogP contribution in [-0.4, -0.2) is 145 Å². The zero-order valence-electron chi connectivity index (χ0n) is 34.1. The molecule has 4 aliphatic rings. The van der Waals surface area contributed by atoms with E-state index in [2.05, 4.69) is 21.3 Å². The second kappa shape index (κ2) is 19.0. The quantitative estimate of drug-likeness (QED) is 0.296. The third-order valence-corrected chi connectivity index (χ3v) is 11.8. The van der Waals surface area contributed by atoms with E-state index < -0.39 is 5.76 Å². The van der Waals surface area contributed by atoms with Gasteiger partial charge in [-0.3, -0.25) is 19.5 Å². The number of likely N-dealkylation sites (N-methyl/N-ethyl adjacent to an activating group) is 1. The fourth-order valence-corrected chi connectivity index (χ4v) is 8.71. The second-order valence-electron chi connectivity index (χ2n) is 16.0. The molecule has 0 spiro atoms. The van der Waals surface area contributed by atoms with Crippen LogP contribution in [-0.2, 0) is 31.9 Å². The van der Waals surface area contributed by atoms with Crippen LogP contribution in [0.5, 0.6) is 0 Å². The van der Waals surface area contributed by atoms with E-state index in [1.54, 1.807) is 4.90 Å². The van der Waals surface area contributed by atoms with Gasteiger partial charge in [0, 0.05) is 63.0 Å². The molecule has 0 aliphatic carbocycles. The zero-order chi connectivity index (χ0) is 40.6. The van der Waals surface area contributed by atoms with Crippen LogP contribution in [0, 0.1) is 12.8 Å². The van der Waals surface area contributed by atoms with Crippen molar-refractivity contribution in [2.45, 2.75) is 83.3 Å². The van der Waals surface area contributed by atoms with Crippen LogP contribution < -0.4 is 11.1 Å². The SMILES string of the molecule is COC(=O)N1CCC(N2CCc3ccccc3NC2=O)CC1.Cc1cc(C[C@@H](C)C(=O)N2CCC(N3CCC[C@@H]3C(=O)OCCN(C)C)CC2)cc2oc(=O)[nH]c12. The van der Waals surface area contributed by atoms with Crippen LogP contribution in [0.15, 0.2) is 45.6 Å². The molecule has 4 amide bonds. The lowest BCUT2D eigenvalue weighted by atomic mass is 9.96. The Kier molecular flexibility index (Phi) is 13.9. The van der Waals surface area contributed by atoms with Gasteiger partial charge >= 0.3 is 23.8 Å². The number of hydrogen-bond acceptors (Lipinski definition) is 10. The number of rotatable bonds is 9. The highest BCUT2D eigenvalue weighted by atomic mass is 16.5. The number of ether oxygens (including phenoxy) is 2. The third-order valence-electron chi connectivity index (χ3n) is 11.8. The monoisotopic (exact) mass is 789 g/mol. The Balaban J connectivity index is 0.000000214. The van der Waals surface area contributed by atoms with Crippen molar-refractivity contribution in [3.05, 3.63) is 63.6 Å². The lowest BCUT2D eigenvalue weighted by Gasteiger charge is -2.39. The summed E-state index contributed by atoms with van der Waals surface area (Å²) in [6.07, 6.45) is 6.35. The number of anilines is 1. The number of urea groups is 1. The van der Waals surface area contributed by atoms with Gasteiger partial charge < -0.3 is 38.8 Å². The van der Waals surface area contributed by atoms with Crippen molar-refractivity contribution in [3.8, 4) is 0 Å². The van der Waals surface area contributed by atoms with E-state index in [4.69, 9.17) is 13.9 Å². The molecule has 310 valence electrons. The summed E-state index contributed by atoms with van der Waals surface area (Å²) in [5, 5.41) is 3.00. The number of methoxy groups -OCH3 is 1. The summed E-state index contributed by atoms with van der Waals surface area (Å²) < 4.78 is 15.5. The minimum atomic E-state index is -0.464. The predicted octanol–water partition coefficient (Wildman–Crippen LogP) is 4.48.